The number of rotatable bonds is 7. The van der Waals surface area contributed by atoms with Crippen LogP contribution in [0.2, 0.25) is 0 Å². The summed E-state index contributed by atoms with van der Waals surface area (Å²) in [5.41, 5.74) is 3.03. The van der Waals surface area contributed by atoms with E-state index < -0.39 is 0 Å². The van der Waals surface area contributed by atoms with Crippen LogP contribution in [0.3, 0.4) is 0 Å². The number of hydrogen-bond donors (Lipinski definition) is 0. The second-order valence-corrected chi connectivity index (χ2v) is 7.32. The Kier molecular flexibility index (Phi) is 6.34. The molecule has 3 aromatic carbocycles. The van der Waals surface area contributed by atoms with Gasteiger partial charge in [-0.1, -0.05) is 18.2 Å². The van der Waals surface area contributed by atoms with Crippen molar-refractivity contribution in [2.75, 3.05) is 25.2 Å². The third-order valence-electron chi connectivity index (χ3n) is 5.16. The molecular weight excluding hydrogens is 395 g/mol. The van der Waals surface area contributed by atoms with Crippen LogP contribution in [0.15, 0.2) is 66.7 Å². The zero-order valence-electron chi connectivity index (χ0n) is 17.3. The summed E-state index contributed by atoms with van der Waals surface area (Å²) in [4.78, 5) is 2.02. The summed E-state index contributed by atoms with van der Waals surface area (Å²) in [6, 6.07) is 21.7. The van der Waals surface area contributed by atoms with E-state index in [1.807, 2.05) is 47.4 Å². The van der Waals surface area contributed by atoms with E-state index in [9.17, 15) is 9.65 Å². The summed E-state index contributed by atoms with van der Waals surface area (Å²) in [6.45, 7) is 1.65. The van der Waals surface area contributed by atoms with Crippen molar-refractivity contribution in [3.63, 3.8) is 0 Å². The number of benzene rings is 3. The summed E-state index contributed by atoms with van der Waals surface area (Å²) in [5.74, 6) is 0.964. The fourth-order valence-electron chi connectivity index (χ4n) is 3.60. The van der Waals surface area contributed by atoms with Crippen LogP contribution in [0.4, 0.5) is 15.8 Å². The van der Waals surface area contributed by atoms with Gasteiger partial charge in [0.05, 0.1) is 32.0 Å². The first-order chi connectivity index (χ1) is 15.2. The molecule has 0 N–H and O–H groups in total. The van der Waals surface area contributed by atoms with E-state index in [0.29, 0.717) is 36.8 Å². The minimum atomic E-state index is -0.289. The van der Waals surface area contributed by atoms with Crippen LogP contribution in [0.25, 0.3) is 0 Å². The van der Waals surface area contributed by atoms with Crippen molar-refractivity contribution >= 4 is 11.4 Å². The lowest BCUT2D eigenvalue weighted by atomic mass is 10.1. The fourth-order valence-corrected chi connectivity index (χ4v) is 3.60. The molecule has 0 aromatic heterocycles. The molecule has 1 fully saturated rings. The topological polar surface area (TPSA) is 54.7 Å². The molecule has 1 atom stereocenters. The highest BCUT2D eigenvalue weighted by atomic mass is 19.1. The molecule has 0 bridgehead atoms. The predicted octanol–water partition coefficient (Wildman–Crippen LogP) is 5.21. The molecule has 1 saturated heterocycles. The van der Waals surface area contributed by atoms with Crippen molar-refractivity contribution in [3.05, 3.63) is 83.7 Å². The summed E-state index contributed by atoms with van der Waals surface area (Å²) in [5, 5.41) is 9.35. The molecule has 1 aliphatic heterocycles. The molecular formula is C25H23FN2O3. The number of ether oxygens (including phenoxy) is 3. The minimum Gasteiger partial charge on any atom is -0.493 e. The van der Waals surface area contributed by atoms with Crippen molar-refractivity contribution in [1.82, 2.24) is 0 Å². The second-order valence-electron chi connectivity index (χ2n) is 7.32. The lowest BCUT2D eigenvalue weighted by Crippen LogP contribution is -2.19. The molecule has 0 spiro atoms. The Labute approximate surface area is 181 Å². The maximum atomic E-state index is 13.8. The first-order valence-electron chi connectivity index (χ1n) is 10.1. The number of nitrogens with zero attached hydrogens (tertiary/aromatic N) is 2. The molecule has 6 heteroatoms. The van der Waals surface area contributed by atoms with Crippen molar-refractivity contribution < 1.29 is 18.6 Å². The van der Waals surface area contributed by atoms with E-state index in [2.05, 4.69) is 6.07 Å². The van der Waals surface area contributed by atoms with E-state index in [-0.39, 0.29) is 11.9 Å². The highest BCUT2D eigenvalue weighted by Gasteiger charge is 2.21. The molecule has 4 rings (SSSR count). The molecule has 31 heavy (non-hydrogen) atoms. The quantitative estimate of drug-likeness (QED) is 0.527. The first-order valence-corrected chi connectivity index (χ1v) is 10.1. The van der Waals surface area contributed by atoms with Gasteiger partial charge in [0.15, 0.2) is 11.5 Å². The molecule has 3 aromatic rings. The van der Waals surface area contributed by atoms with E-state index in [4.69, 9.17) is 14.2 Å². The third kappa shape index (κ3) is 4.96. The van der Waals surface area contributed by atoms with Crippen LogP contribution in [-0.4, -0.2) is 26.4 Å². The summed E-state index contributed by atoms with van der Waals surface area (Å²) >= 11 is 0. The predicted molar refractivity (Wildman–Crippen MR) is 116 cm³/mol. The number of halogens is 1. The largest absolute Gasteiger partial charge is 0.493 e. The highest BCUT2D eigenvalue weighted by Crippen LogP contribution is 2.37. The van der Waals surface area contributed by atoms with Gasteiger partial charge in [-0.05, 0) is 48.0 Å². The van der Waals surface area contributed by atoms with Crippen LogP contribution >= 0.6 is 0 Å². The molecule has 0 unspecified atom stereocenters. The lowest BCUT2D eigenvalue weighted by Gasteiger charge is -2.27. The highest BCUT2D eigenvalue weighted by molar-refractivity contribution is 5.68. The van der Waals surface area contributed by atoms with Crippen molar-refractivity contribution in [2.45, 2.75) is 19.1 Å². The van der Waals surface area contributed by atoms with Crippen LogP contribution < -0.4 is 14.4 Å². The van der Waals surface area contributed by atoms with Gasteiger partial charge >= 0.3 is 0 Å². The Morgan fingerprint density at radius 2 is 1.90 bits per heavy atom. The Balaban J connectivity index is 1.74. The number of methoxy groups -OCH3 is 1. The maximum absolute atomic E-state index is 13.8. The van der Waals surface area contributed by atoms with Crippen LogP contribution in [-0.2, 0) is 11.3 Å². The zero-order valence-corrected chi connectivity index (χ0v) is 17.3. The molecule has 0 amide bonds. The monoisotopic (exact) mass is 418 g/mol. The van der Waals surface area contributed by atoms with Crippen LogP contribution in [0.5, 0.6) is 11.5 Å². The van der Waals surface area contributed by atoms with Crippen LogP contribution in [0.1, 0.15) is 17.5 Å². The van der Waals surface area contributed by atoms with E-state index in [1.54, 1.807) is 19.2 Å². The lowest BCUT2D eigenvalue weighted by molar-refractivity contribution is 0.138. The number of hydrogen-bond acceptors (Lipinski definition) is 5. The smallest absolute Gasteiger partial charge is 0.163 e. The Hall–Kier alpha value is -3.56. The molecule has 0 aliphatic carbocycles. The minimum absolute atomic E-state index is 0.0252. The molecule has 1 heterocycles. The summed E-state index contributed by atoms with van der Waals surface area (Å²) in [6.07, 6.45) is 0.799. The number of anilines is 2. The SMILES string of the molecule is COc1ccc(N(Cc2cccc(F)c2)c2cccc(C#N)c2)cc1O[C@@H]1CCOC1. The van der Waals surface area contributed by atoms with Crippen LogP contribution in [0, 0.1) is 17.1 Å². The normalized spacial score (nSPS) is 15.3. The Morgan fingerprint density at radius 1 is 1.06 bits per heavy atom. The molecule has 158 valence electrons. The van der Waals surface area contributed by atoms with Crippen molar-refractivity contribution in [2.24, 2.45) is 0 Å². The van der Waals surface area contributed by atoms with Gasteiger partial charge in [-0.15, -0.1) is 0 Å². The van der Waals surface area contributed by atoms with Gasteiger partial charge in [-0.25, -0.2) is 4.39 Å². The third-order valence-corrected chi connectivity index (χ3v) is 5.16. The van der Waals surface area contributed by atoms with E-state index in [1.165, 1.54) is 12.1 Å². The van der Waals surface area contributed by atoms with Crippen molar-refractivity contribution in [1.29, 1.82) is 5.26 Å². The summed E-state index contributed by atoms with van der Waals surface area (Å²) in [7, 11) is 1.61. The first kappa shape index (κ1) is 20.7. The van der Waals surface area contributed by atoms with Gasteiger partial charge in [-0.2, -0.15) is 5.26 Å². The zero-order chi connectivity index (χ0) is 21.6. The average molecular weight is 418 g/mol. The number of nitriles is 1. The molecule has 0 radical (unpaired) electrons. The van der Waals surface area contributed by atoms with E-state index in [0.717, 1.165) is 23.4 Å². The van der Waals surface area contributed by atoms with Gasteiger partial charge in [0.25, 0.3) is 0 Å². The summed E-state index contributed by atoms with van der Waals surface area (Å²) < 4.78 is 30.9. The average Bonchev–Trinajstić information content (AvgIpc) is 3.31. The van der Waals surface area contributed by atoms with Gasteiger partial charge in [-0.3, -0.25) is 0 Å². The fraction of sp³-hybridized carbons (Fsp3) is 0.240. The molecule has 5 nitrogen and oxygen atoms in total. The van der Waals surface area contributed by atoms with Crippen molar-refractivity contribution in [3.8, 4) is 17.6 Å². The maximum Gasteiger partial charge on any atom is 0.163 e. The molecule has 1 aliphatic rings. The standard InChI is InChI=1S/C25H23FN2O3/c1-29-24-9-8-22(14-25(24)31-23-10-11-30-17-23)28(16-19-5-2-6-20(26)12-19)21-7-3-4-18(13-21)15-27/h2-9,12-14,23H,10-11,16-17H2,1H3/t23-/m1/s1. The van der Waals surface area contributed by atoms with Gasteiger partial charge < -0.3 is 19.1 Å². The second kappa shape index (κ2) is 9.50. The Morgan fingerprint density at radius 3 is 2.65 bits per heavy atom. The van der Waals surface area contributed by atoms with E-state index >= 15 is 0 Å². The van der Waals surface area contributed by atoms with Gasteiger partial charge in [0, 0.05) is 30.4 Å². The Bertz CT molecular complexity index is 1090. The molecule has 0 saturated carbocycles. The van der Waals surface area contributed by atoms with Gasteiger partial charge in [0.1, 0.15) is 11.9 Å². The van der Waals surface area contributed by atoms with Gasteiger partial charge in [0.2, 0.25) is 0 Å².